The van der Waals surface area contributed by atoms with Crippen LogP contribution < -0.4 is 10.1 Å². The van der Waals surface area contributed by atoms with Crippen LogP contribution in [0.2, 0.25) is 0 Å². The Balaban J connectivity index is 2.63. The molecule has 1 aromatic rings. The Kier molecular flexibility index (Phi) is 8.21. The summed E-state index contributed by atoms with van der Waals surface area (Å²) in [5.74, 6) is 2.28. The van der Waals surface area contributed by atoms with E-state index in [0.29, 0.717) is 24.7 Å². The molecule has 0 radical (unpaired) electrons. The minimum absolute atomic E-state index is 0.632. The van der Waals surface area contributed by atoms with Crippen LogP contribution in [0.25, 0.3) is 0 Å². The summed E-state index contributed by atoms with van der Waals surface area (Å²) in [7, 11) is -0.715. The highest BCUT2D eigenvalue weighted by Crippen LogP contribution is 2.32. The SMILES string of the molecule is CCOc1c(Br)cc(Br)cc1CNCCS(=O)CC. The van der Waals surface area contributed by atoms with Crippen molar-refractivity contribution < 1.29 is 8.95 Å². The molecular formula is C13H19Br2NO2S. The van der Waals surface area contributed by atoms with Crippen molar-refractivity contribution in [2.45, 2.75) is 20.4 Å². The highest BCUT2D eigenvalue weighted by molar-refractivity contribution is 9.11. The lowest BCUT2D eigenvalue weighted by Crippen LogP contribution is -2.21. The summed E-state index contributed by atoms with van der Waals surface area (Å²) < 4.78 is 18.9. The Bertz CT molecular complexity index is 441. The van der Waals surface area contributed by atoms with Crippen molar-refractivity contribution in [3.63, 3.8) is 0 Å². The monoisotopic (exact) mass is 411 g/mol. The van der Waals surface area contributed by atoms with E-state index < -0.39 is 10.8 Å². The van der Waals surface area contributed by atoms with Gasteiger partial charge in [-0.15, -0.1) is 0 Å². The standard InChI is InChI=1S/C13H19Br2NO2S/c1-3-18-13-10(7-11(14)8-12(13)15)9-16-5-6-19(17)4-2/h7-8,16H,3-6,9H2,1-2H3. The van der Waals surface area contributed by atoms with Crippen LogP contribution in [0.3, 0.4) is 0 Å². The molecule has 0 amide bonds. The van der Waals surface area contributed by atoms with Crippen molar-refractivity contribution in [1.82, 2.24) is 5.32 Å². The van der Waals surface area contributed by atoms with Gasteiger partial charge in [0.25, 0.3) is 0 Å². The smallest absolute Gasteiger partial charge is 0.138 e. The Morgan fingerprint density at radius 1 is 1.32 bits per heavy atom. The molecule has 1 unspecified atom stereocenters. The molecule has 1 atom stereocenters. The molecule has 0 saturated heterocycles. The third-order valence-corrected chi connectivity index (χ3v) is 4.87. The van der Waals surface area contributed by atoms with Crippen LogP contribution in [-0.2, 0) is 17.3 Å². The molecule has 0 aliphatic rings. The molecule has 0 saturated carbocycles. The maximum atomic E-state index is 11.3. The molecule has 0 aromatic heterocycles. The van der Waals surface area contributed by atoms with Crippen LogP contribution in [0.4, 0.5) is 0 Å². The quantitative estimate of drug-likeness (QED) is 0.664. The van der Waals surface area contributed by atoms with Crippen molar-refractivity contribution in [1.29, 1.82) is 0 Å². The van der Waals surface area contributed by atoms with Crippen LogP contribution in [-0.4, -0.2) is 28.9 Å². The average molecular weight is 413 g/mol. The van der Waals surface area contributed by atoms with Crippen LogP contribution >= 0.6 is 31.9 Å². The van der Waals surface area contributed by atoms with Gasteiger partial charge in [0.15, 0.2) is 0 Å². The van der Waals surface area contributed by atoms with Crippen molar-refractivity contribution in [2.24, 2.45) is 0 Å². The summed E-state index contributed by atoms with van der Waals surface area (Å²) in [6.45, 7) is 5.99. The fourth-order valence-electron chi connectivity index (χ4n) is 1.60. The lowest BCUT2D eigenvalue weighted by atomic mass is 10.2. The van der Waals surface area contributed by atoms with E-state index in [1.165, 1.54) is 0 Å². The topological polar surface area (TPSA) is 38.3 Å². The lowest BCUT2D eigenvalue weighted by Gasteiger charge is -2.13. The minimum atomic E-state index is -0.715. The van der Waals surface area contributed by atoms with E-state index in [1.807, 2.05) is 26.0 Å². The fourth-order valence-corrected chi connectivity index (χ4v) is 3.69. The van der Waals surface area contributed by atoms with E-state index >= 15 is 0 Å². The summed E-state index contributed by atoms with van der Waals surface area (Å²) in [6, 6.07) is 4.01. The van der Waals surface area contributed by atoms with Crippen molar-refractivity contribution in [3.8, 4) is 5.75 Å². The van der Waals surface area contributed by atoms with E-state index in [9.17, 15) is 4.21 Å². The average Bonchev–Trinajstić information content (AvgIpc) is 2.38. The predicted octanol–water partition coefficient (Wildman–Crippen LogP) is 3.47. The van der Waals surface area contributed by atoms with Crippen molar-refractivity contribution in [2.75, 3.05) is 24.7 Å². The number of rotatable bonds is 8. The molecule has 0 bridgehead atoms. The zero-order chi connectivity index (χ0) is 14.3. The lowest BCUT2D eigenvalue weighted by molar-refractivity contribution is 0.333. The first-order chi connectivity index (χ1) is 9.08. The molecule has 19 heavy (non-hydrogen) atoms. The summed E-state index contributed by atoms with van der Waals surface area (Å²) in [5, 5.41) is 3.31. The predicted molar refractivity (Wildman–Crippen MR) is 88.3 cm³/mol. The second-order valence-electron chi connectivity index (χ2n) is 3.92. The Morgan fingerprint density at radius 3 is 2.68 bits per heavy atom. The van der Waals surface area contributed by atoms with Crippen LogP contribution in [0.5, 0.6) is 5.75 Å². The Hall–Kier alpha value is 0.0900. The van der Waals surface area contributed by atoms with Gasteiger partial charge in [-0.2, -0.15) is 0 Å². The number of nitrogens with one attached hydrogen (secondary N) is 1. The van der Waals surface area contributed by atoms with Gasteiger partial charge in [0.1, 0.15) is 5.75 Å². The van der Waals surface area contributed by atoms with Gasteiger partial charge in [-0.05, 0) is 35.0 Å². The molecule has 0 spiro atoms. The van der Waals surface area contributed by atoms with Gasteiger partial charge in [0.2, 0.25) is 0 Å². The van der Waals surface area contributed by atoms with Crippen LogP contribution in [0.15, 0.2) is 21.1 Å². The number of benzene rings is 1. The van der Waals surface area contributed by atoms with Crippen LogP contribution in [0.1, 0.15) is 19.4 Å². The number of ether oxygens (including phenoxy) is 1. The minimum Gasteiger partial charge on any atom is -0.492 e. The van der Waals surface area contributed by atoms with E-state index in [4.69, 9.17) is 4.74 Å². The normalized spacial score (nSPS) is 12.4. The largest absolute Gasteiger partial charge is 0.492 e. The first-order valence-electron chi connectivity index (χ1n) is 6.24. The second-order valence-corrected chi connectivity index (χ2v) is 7.55. The highest BCUT2D eigenvalue weighted by atomic mass is 79.9. The van der Waals surface area contributed by atoms with E-state index in [1.54, 1.807) is 0 Å². The molecule has 0 fully saturated rings. The molecular weight excluding hydrogens is 394 g/mol. The van der Waals surface area contributed by atoms with E-state index in [0.717, 1.165) is 26.8 Å². The van der Waals surface area contributed by atoms with Crippen molar-refractivity contribution >= 4 is 42.7 Å². The summed E-state index contributed by atoms with van der Waals surface area (Å²) in [4.78, 5) is 0. The number of hydrogen-bond donors (Lipinski definition) is 1. The van der Waals surface area contributed by atoms with E-state index in [2.05, 4.69) is 37.2 Å². The summed E-state index contributed by atoms with van der Waals surface area (Å²) >= 11 is 6.99. The highest BCUT2D eigenvalue weighted by Gasteiger charge is 2.09. The molecule has 1 N–H and O–H groups in total. The van der Waals surface area contributed by atoms with E-state index in [-0.39, 0.29) is 0 Å². The van der Waals surface area contributed by atoms with Gasteiger partial charge in [-0.1, -0.05) is 22.9 Å². The molecule has 0 aliphatic heterocycles. The first kappa shape index (κ1) is 17.1. The first-order valence-corrected chi connectivity index (χ1v) is 9.32. The van der Waals surface area contributed by atoms with Gasteiger partial charge in [0.05, 0.1) is 11.1 Å². The molecule has 6 heteroatoms. The Morgan fingerprint density at radius 2 is 2.05 bits per heavy atom. The molecule has 0 aliphatic carbocycles. The molecule has 0 heterocycles. The Labute approximate surface area is 134 Å². The fraction of sp³-hybridized carbons (Fsp3) is 0.538. The third kappa shape index (κ3) is 5.94. The molecule has 108 valence electrons. The van der Waals surface area contributed by atoms with Gasteiger partial charge in [0, 0.05) is 45.4 Å². The maximum absolute atomic E-state index is 11.3. The summed E-state index contributed by atoms with van der Waals surface area (Å²) in [5.41, 5.74) is 1.09. The molecule has 1 aromatic carbocycles. The second kappa shape index (κ2) is 9.10. The van der Waals surface area contributed by atoms with Gasteiger partial charge < -0.3 is 10.1 Å². The zero-order valence-electron chi connectivity index (χ0n) is 11.2. The van der Waals surface area contributed by atoms with Gasteiger partial charge >= 0.3 is 0 Å². The maximum Gasteiger partial charge on any atom is 0.138 e. The number of halogens is 2. The third-order valence-electron chi connectivity index (χ3n) is 2.52. The zero-order valence-corrected chi connectivity index (χ0v) is 15.2. The van der Waals surface area contributed by atoms with Crippen LogP contribution in [0, 0.1) is 0 Å². The molecule has 3 nitrogen and oxygen atoms in total. The summed E-state index contributed by atoms with van der Waals surface area (Å²) in [6.07, 6.45) is 0. The number of hydrogen-bond acceptors (Lipinski definition) is 3. The van der Waals surface area contributed by atoms with Gasteiger partial charge in [-0.3, -0.25) is 4.21 Å². The molecule has 1 rings (SSSR count). The van der Waals surface area contributed by atoms with Gasteiger partial charge in [-0.25, -0.2) is 0 Å². The van der Waals surface area contributed by atoms with Crippen molar-refractivity contribution in [3.05, 3.63) is 26.6 Å².